The summed E-state index contributed by atoms with van der Waals surface area (Å²) >= 11 is 0. The molecule has 20 heavy (non-hydrogen) atoms. The average Bonchev–Trinajstić information content (AvgIpc) is 2.72. The van der Waals surface area contributed by atoms with Gasteiger partial charge in [0.15, 0.2) is 11.5 Å². The summed E-state index contributed by atoms with van der Waals surface area (Å²) in [6.07, 6.45) is -3.77. The second kappa shape index (κ2) is 4.17. The molecule has 2 aromatic carbocycles. The molecule has 4 nitrogen and oxygen atoms in total. The Kier molecular flexibility index (Phi) is 2.68. The molecule has 1 heterocycles. The molecule has 0 saturated carbocycles. The molecule has 0 amide bonds. The fraction of sp³-hybridized carbons (Fsp3) is 0.0769. The maximum atomic E-state index is 12.9. The summed E-state index contributed by atoms with van der Waals surface area (Å²) in [6, 6.07) is 11.1. The smallest absolute Gasteiger partial charge is 0.395 e. The molecule has 0 atom stereocenters. The van der Waals surface area contributed by atoms with Gasteiger partial charge >= 0.3 is 6.29 Å². The highest BCUT2D eigenvalue weighted by atomic mass is 32.2. The van der Waals surface area contributed by atoms with Crippen LogP contribution in [-0.4, -0.2) is 14.7 Å². The van der Waals surface area contributed by atoms with Crippen molar-refractivity contribution in [2.24, 2.45) is 0 Å². The Bertz CT molecular complexity index is 757. The first-order valence-corrected chi connectivity index (χ1v) is 7.07. The number of halogens is 2. The largest absolute Gasteiger partial charge is 0.586 e. The number of alkyl halides is 2. The van der Waals surface area contributed by atoms with Crippen LogP contribution in [0.2, 0.25) is 0 Å². The van der Waals surface area contributed by atoms with E-state index in [1.807, 2.05) is 0 Å². The number of benzene rings is 2. The number of rotatable bonds is 2. The third-order valence-corrected chi connectivity index (χ3v) is 4.50. The predicted octanol–water partition coefficient (Wildman–Crippen LogP) is 2.84. The van der Waals surface area contributed by atoms with Crippen molar-refractivity contribution in [3.05, 3.63) is 48.5 Å². The minimum Gasteiger partial charge on any atom is -0.395 e. The third-order valence-electron chi connectivity index (χ3n) is 2.74. The van der Waals surface area contributed by atoms with Crippen molar-refractivity contribution in [3.8, 4) is 11.5 Å². The summed E-state index contributed by atoms with van der Waals surface area (Å²) in [5.41, 5.74) is 0. The second-order valence-electron chi connectivity index (χ2n) is 4.09. The Morgan fingerprint density at radius 3 is 2.20 bits per heavy atom. The normalized spacial score (nSPS) is 16.1. The summed E-state index contributed by atoms with van der Waals surface area (Å²) in [5.74, 6) is -0.492. The van der Waals surface area contributed by atoms with E-state index in [1.54, 1.807) is 18.2 Å². The lowest BCUT2D eigenvalue weighted by Crippen LogP contribution is -2.25. The van der Waals surface area contributed by atoms with Crippen molar-refractivity contribution < 1.29 is 26.7 Å². The van der Waals surface area contributed by atoms with Crippen molar-refractivity contribution >= 4 is 9.84 Å². The zero-order chi connectivity index (χ0) is 14.4. The monoisotopic (exact) mass is 298 g/mol. The van der Waals surface area contributed by atoms with Gasteiger partial charge in [0.1, 0.15) is 0 Å². The second-order valence-corrected chi connectivity index (χ2v) is 6.04. The summed E-state index contributed by atoms with van der Waals surface area (Å²) in [7, 11) is -3.78. The molecule has 104 valence electrons. The van der Waals surface area contributed by atoms with Crippen molar-refractivity contribution in [2.45, 2.75) is 16.1 Å². The van der Waals surface area contributed by atoms with E-state index in [0.717, 1.165) is 12.1 Å². The zero-order valence-electron chi connectivity index (χ0n) is 9.92. The molecule has 1 aliphatic heterocycles. The third kappa shape index (κ3) is 2.09. The van der Waals surface area contributed by atoms with Crippen LogP contribution in [-0.2, 0) is 9.84 Å². The topological polar surface area (TPSA) is 52.6 Å². The lowest BCUT2D eigenvalue weighted by atomic mass is 10.3. The molecule has 7 heteroatoms. The predicted molar refractivity (Wildman–Crippen MR) is 64.5 cm³/mol. The molecule has 0 bridgehead atoms. The standard InChI is InChI=1S/C13H8F2O4S/c14-13(15)18-11-7-6-10(8-12(11)19-13)20(16,17)9-4-2-1-3-5-9/h1-8H. The Morgan fingerprint density at radius 2 is 1.50 bits per heavy atom. The molecule has 0 spiro atoms. The zero-order valence-corrected chi connectivity index (χ0v) is 10.7. The summed E-state index contributed by atoms with van der Waals surface area (Å²) < 4.78 is 58.9. The molecule has 3 rings (SSSR count). The molecule has 0 aliphatic carbocycles. The van der Waals surface area contributed by atoms with E-state index in [2.05, 4.69) is 9.47 Å². The van der Waals surface area contributed by atoms with E-state index >= 15 is 0 Å². The number of hydrogen-bond acceptors (Lipinski definition) is 4. The molecule has 0 radical (unpaired) electrons. The van der Waals surface area contributed by atoms with Gasteiger partial charge in [0, 0.05) is 6.07 Å². The van der Waals surface area contributed by atoms with Crippen LogP contribution >= 0.6 is 0 Å². The summed E-state index contributed by atoms with van der Waals surface area (Å²) in [4.78, 5) is -0.0608. The van der Waals surface area contributed by atoms with Gasteiger partial charge in [-0.15, -0.1) is 8.78 Å². The number of ether oxygens (including phenoxy) is 2. The lowest BCUT2D eigenvalue weighted by molar-refractivity contribution is -0.286. The van der Waals surface area contributed by atoms with E-state index in [1.165, 1.54) is 18.2 Å². The lowest BCUT2D eigenvalue weighted by Gasteiger charge is -2.05. The molecule has 1 aliphatic rings. The van der Waals surface area contributed by atoms with Crippen LogP contribution in [0.15, 0.2) is 58.3 Å². The first kappa shape index (κ1) is 12.9. The Balaban J connectivity index is 2.06. The quantitative estimate of drug-likeness (QED) is 0.855. The van der Waals surface area contributed by atoms with Crippen LogP contribution in [0.4, 0.5) is 8.78 Å². The number of fused-ring (bicyclic) bond motifs is 1. The van der Waals surface area contributed by atoms with Gasteiger partial charge in [0.2, 0.25) is 9.84 Å². The van der Waals surface area contributed by atoms with Crippen molar-refractivity contribution in [3.63, 3.8) is 0 Å². The van der Waals surface area contributed by atoms with Crippen LogP contribution in [0.1, 0.15) is 0 Å². The number of hydrogen-bond donors (Lipinski definition) is 0. The van der Waals surface area contributed by atoms with Gasteiger partial charge in [-0.1, -0.05) is 18.2 Å². The van der Waals surface area contributed by atoms with Crippen LogP contribution in [0.25, 0.3) is 0 Å². The molecular formula is C13H8F2O4S. The maximum Gasteiger partial charge on any atom is 0.586 e. The number of sulfone groups is 1. The Labute approximate surface area is 113 Å². The first-order valence-electron chi connectivity index (χ1n) is 5.58. The van der Waals surface area contributed by atoms with Gasteiger partial charge < -0.3 is 9.47 Å². The SMILES string of the molecule is O=S(=O)(c1ccccc1)c1ccc2c(c1)OC(F)(F)O2. The van der Waals surface area contributed by atoms with Crippen molar-refractivity contribution in [1.29, 1.82) is 0 Å². The van der Waals surface area contributed by atoms with Gasteiger partial charge in [-0.25, -0.2) is 8.42 Å². The Hall–Kier alpha value is -2.15. The van der Waals surface area contributed by atoms with E-state index in [0.29, 0.717) is 0 Å². The molecule has 2 aromatic rings. The van der Waals surface area contributed by atoms with E-state index in [9.17, 15) is 17.2 Å². The molecule has 0 unspecified atom stereocenters. The van der Waals surface area contributed by atoms with Crippen molar-refractivity contribution in [2.75, 3.05) is 0 Å². The van der Waals surface area contributed by atoms with E-state index in [4.69, 9.17) is 0 Å². The highest BCUT2D eigenvalue weighted by Crippen LogP contribution is 2.42. The van der Waals surface area contributed by atoms with Gasteiger partial charge in [0.05, 0.1) is 9.79 Å². The fourth-order valence-electron chi connectivity index (χ4n) is 1.83. The molecule has 0 N–H and O–H groups in total. The molecule has 0 fully saturated rings. The van der Waals surface area contributed by atoms with E-state index < -0.39 is 16.1 Å². The van der Waals surface area contributed by atoms with Gasteiger partial charge in [-0.2, -0.15) is 0 Å². The average molecular weight is 298 g/mol. The van der Waals surface area contributed by atoms with Crippen molar-refractivity contribution in [1.82, 2.24) is 0 Å². The summed E-state index contributed by atoms with van der Waals surface area (Å²) in [5, 5.41) is 0. The highest BCUT2D eigenvalue weighted by Gasteiger charge is 2.43. The molecule has 0 aromatic heterocycles. The minimum absolute atomic E-state index is 0.0747. The minimum atomic E-state index is -3.78. The summed E-state index contributed by atoms with van der Waals surface area (Å²) in [6.45, 7) is 0. The van der Waals surface area contributed by atoms with Gasteiger partial charge in [0.25, 0.3) is 0 Å². The first-order chi connectivity index (χ1) is 9.38. The van der Waals surface area contributed by atoms with Crippen LogP contribution < -0.4 is 9.47 Å². The van der Waals surface area contributed by atoms with Gasteiger partial charge in [-0.05, 0) is 24.3 Å². The highest BCUT2D eigenvalue weighted by molar-refractivity contribution is 7.91. The van der Waals surface area contributed by atoms with E-state index in [-0.39, 0.29) is 21.3 Å². The maximum absolute atomic E-state index is 12.9. The van der Waals surface area contributed by atoms with Crippen LogP contribution in [0, 0.1) is 0 Å². The fourth-order valence-corrected chi connectivity index (χ4v) is 3.13. The molecular weight excluding hydrogens is 290 g/mol. The van der Waals surface area contributed by atoms with Crippen LogP contribution in [0.5, 0.6) is 11.5 Å². The molecule has 0 saturated heterocycles. The van der Waals surface area contributed by atoms with Gasteiger partial charge in [-0.3, -0.25) is 0 Å². The van der Waals surface area contributed by atoms with Crippen LogP contribution in [0.3, 0.4) is 0 Å². The Morgan fingerprint density at radius 1 is 0.850 bits per heavy atom.